The molecule has 1 saturated carbocycles. The second-order valence-electron chi connectivity index (χ2n) is 7.12. The Morgan fingerprint density at radius 1 is 1.12 bits per heavy atom. The molecular weight excluding hydrogens is 318 g/mol. The third-order valence-electron chi connectivity index (χ3n) is 5.32. The van der Waals surface area contributed by atoms with Crippen LogP contribution in [0.5, 0.6) is 0 Å². The normalized spacial score (nSPS) is 26.5. The zero-order valence-electron chi connectivity index (χ0n) is 14.6. The number of benzene rings is 1. The number of carbonyl (C=O) groups is 1. The van der Waals surface area contributed by atoms with E-state index in [2.05, 4.69) is 27.7 Å². The van der Waals surface area contributed by atoms with Gasteiger partial charge in [0.25, 0.3) is 0 Å². The molecule has 2 atom stereocenters. The van der Waals surface area contributed by atoms with Crippen LogP contribution in [-0.4, -0.2) is 51.1 Å². The summed E-state index contributed by atoms with van der Waals surface area (Å²) in [4.78, 5) is 14.7. The first kappa shape index (κ1) is 16.7. The van der Waals surface area contributed by atoms with Gasteiger partial charge in [-0.3, -0.25) is 0 Å². The summed E-state index contributed by atoms with van der Waals surface area (Å²) in [6, 6.07) is 8.32. The topological polar surface area (TPSA) is 62.8 Å². The lowest BCUT2D eigenvalue weighted by Gasteiger charge is -2.30. The Kier molecular flexibility index (Phi) is 5.08. The van der Waals surface area contributed by atoms with Gasteiger partial charge in [-0.1, -0.05) is 18.2 Å². The molecule has 25 heavy (non-hydrogen) atoms. The van der Waals surface area contributed by atoms with Crippen LogP contribution in [0.3, 0.4) is 0 Å². The van der Waals surface area contributed by atoms with Gasteiger partial charge in [-0.15, -0.1) is 0 Å². The van der Waals surface area contributed by atoms with Crippen LogP contribution in [0.25, 0.3) is 0 Å². The first-order valence-corrected chi connectivity index (χ1v) is 9.38. The number of morpholine rings is 1. The summed E-state index contributed by atoms with van der Waals surface area (Å²) in [5.41, 5.74) is 2.33. The first-order valence-electron chi connectivity index (χ1n) is 9.38. The molecule has 0 radical (unpaired) electrons. The SMILES string of the molecule is O=C(NCc1ccccc1N1CCOCC1)NC1CCOC1C1CC1. The highest BCUT2D eigenvalue weighted by molar-refractivity contribution is 5.74. The van der Waals surface area contributed by atoms with Gasteiger partial charge in [-0.25, -0.2) is 4.79 Å². The quantitative estimate of drug-likeness (QED) is 0.855. The van der Waals surface area contributed by atoms with Crippen LogP contribution in [-0.2, 0) is 16.0 Å². The summed E-state index contributed by atoms with van der Waals surface area (Å²) < 4.78 is 11.2. The second kappa shape index (κ2) is 7.62. The van der Waals surface area contributed by atoms with Gasteiger partial charge in [0.2, 0.25) is 0 Å². The van der Waals surface area contributed by atoms with Crippen molar-refractivity contribution in [3.8, 4) is 0 Å². The van der Waals surface area contributed by atoms with E-state index in [4.69, 9.17) is 9.47 Å². The van der Waals surface area contributed by atoms with Gasteiger partial charge in [-0.05, 0) is 36.8 Å². The van der Waals surface area contributed by atoms with E-state index >= 15 is 0 Å². The first-order chi connectivity index (χ1) is 12.3. The van der Waals surface area contributed by atoms with Crippen LogP contribution in [0.15, 0.2) is 24.3 Å². The van der Waals surface area contributed by atoms with Gasteiger partial charge >= 0.3 is 6.03 Å². The van der Waals surface area contributed by atoms with Gasteiger partial charge in [-0.2, -0.15) is 0 Å². The van der Waals surface area contributed by atoms with Crippen molar-refractivity contribution in [3.05, 3.63) is 29.8 Å². The van der Waals surface area contributed by atoms with Crippen molar-refractivity contribution in [2.24, 2.45) is 5.92 Å². The van der Waals surface area contributed by atoms with Crippen molar-refractivity contribution < 1.29 is 14.3 Å². The number of amides is 2. The third kappa shape index (κ3) is 4.07. The van der Waals surface area contributed by atoms with E-state index in [-0.39, 0.29) is 18.2 Å². The fourth-order valence-electron chi connectivity index (χ4n) is 3.82. The minimum atomic E-state index is -0.0991. The highest BCUT2D eigenvalue weighted by atomic mass is 16.5. The van der Waals surface area contributed by atoms with E-state index in [1.807, 2.05) is 12.1 Å². The van der Waals surface area contributed by atoms with E-state index in [0.29, 0.717) is 12.5 Å². The number of rotatable bonds is 5. The maximum absolute atomic E-state index is 12.3. The lowest BCUT2D eigenvalue weighted by atomic mass is 10.1. The number of hydrogen-bond acceptors (Lipinski definition) is 4. The Morgan fingerprint density at radius 3 is 2.72 bits per heavy atom. The fourth-order valence-corrected chi connectivity index (χ4v) is 3.82. The molecule has 0 aromatic heterocycles. The number of nitrogens with one attached hydrogen (secondary N) is 2. The minimum absolute atomic E-state index is 0.0991. The molecule has 1 aromatic carbocycles. The predicted octanol–water partition coefficient (Wildman–Crippen LogP) is 1.89. The lowest BCUT2D eigenvalue weighted by Crippen LogP contribution is -2.46. The molecule has 136 valence electrons. The zero-order valence-corrected chi connectivity index (χ0v) is 14.6. The van der Waals surface area contributed by atoms with Gasteiger partial charge < -0.3 is 25.0 Å². The molecule has 6 nitrogen and oxygen atoms in total. The van der Waals surface area contributed by atoms with Crippen molar-refractivity contribution in [3.63, 3.8) is 0 Å². The van der Waals surface area contributed by atoms with Crippen LogP contribution in [0.4, 0.5) is 10.5 Å². The summed E-state index contributed by atoms with van der Waals surface area (Å²) in [5, 5.41) is 6.13. The van der Waals surface area contributed by atoms with Gasteiger partial charge in [0.05, 0.1) is 25.4 Å². The standard InChI is InChI=1S/C19H27N3O3/c23-19(21-16-7-10-25-18(16)14-5-6-14)20-13-15-3-1-2-4-17(15)22-8-11-24-12-9-22/h1-4,14,16,18H,5-13H2,(H2,20,21,23). The zero-order chi connectivity index (χ0) is 17.1. The van der Waals surface area contributed by atoms with Crippen molar-refractivity contribution in [1.82, 2.24) is 10.6 Å². The van der Waals surface area contributed by atoms with E-state index < -0.39 is 0 Å². The number of urea groups is 1. The molecule has 2 aliphatic heterocycles. The Hall–Kier alpha value is -1.79. The monoisotopic (exact) mass is 345 g/mol. The number of carbonyl (C=O) groups excluding carboxylic acids is 1. The number of anilines is 1. The molecule has 2 unspecified atom stereocenters. The largest absolute Gasteiger partial charge is 0.378 e. The van der Waals surface area contributed by atoms with Crippen molar-refractivity contribution in [1.29, 1.82) is 0 Å². The molecule has 3 fully saturated rings. The third-order valence-corrected chi connectivity index (χ3v) is 5.32. The van der Waals surface area contributed by atoms with Gasteiger partial charge in [0, 0.05) is 31.9 Å². The molecule has 2 amide bonds. The van der Waals surface area contributed by atoms with Gasteiger partial charge in [0.1, 0.15) is 0 Å². The molecule has 2 N–H and O–H groups in total. The molecule has 2 saturated heterocycles. The summed E-state index contributed by atoms with van der Waals surface area (Å²) >= 11 is 0. The number of para-hydroxylation sites is 1. The number of nitrogens with zero attached hydrogens (tertiary/aromatic N) is 1. The maximum atomic E-state index is 12.3. The molecule has 4 rings (SSSR count). The average Bonchev–Trinajstić information content (AvgIpc) is 3.40. The highest BCUT2D eigenvalue weighted by Crippen LogP contribution is 2.38. The van der Waals surface area contributed by atoms with E-state index in [1.165, 1.54) is 18.5 Å². The van der Waals surface area contributed by atoms with E-state index in [0.717, 1.165) is 44.9 Å². The Balaban J connectivity index is 1.32. The Labute approximate surface area is 148 Å². The van der Waals surface area contributed by atoms with Crippen LogP contribution in [0, 0.1) is 5.92 Å². The molecule has 6 heteroatoms. The van der Waals surface area contributed by atoms with Crippen LogP contribution < -0.4 is 15.5 Å². The summed E-state index contributed by atoms with van der Waals surface area (Å²) in [7, 11) is 0. The van der Waals surface area contributed by atoms with Crippen molar-refractivity contribution in [2.75, 3.05) is 37.8 Å². The molecule has 1 aliphatic carbocycles. The average molecular weight is 345 g/mol. The Bertz CT molecular complexity index is 599. The Morgan fingerprint density at radius 2 is 1.92 bits per heavy atom. The molecule has 1 aromatic rings. The molecular formula is C19H27N3O3. The predicted molar refractivity (Wildman–Crippen MR) is 95.7 cm³/mol. The summed E-state index contributed by atoms with van der Waals surface area (Å²) in [6.45, 7) is 4.59. The number of ether oxygens (including phenoxy) is 2. The van der Waals surface area contributed by atoms with Crippen molar-refractivity contribution in [2.45, 2.75) is 38.0 Å². The van der Waals surface area contributed by atoms with Crippen LogP contribution in [0.2, 0.25) is 0 Å². The fraction of sp³-hybridized carbons (Fsp3) is 0.632. The maximum Gasteiger partial charge on any atom is 0.315 e. The molecule has 0 bridgehead atoms. The van der Waals surface area contributed by atoms with E-state index in [1.54, 1.807) is 0 Å². The van der Waals surface area contributed by atoms with Crippen LogP contribution >= 0.6 is 0 Å². The number of hydrogen-bond donors (Lipinski definition) is 2. The van der Waals surface area contributed by atoms with Gasteiger partial charge in [0.15, 0.2) is 0 Å². The molecule has 0 spiro atoms. The second-order valence-corrected chi connectivity index (χ2v) is 7.12. The van der Waals surface area contributed by atoms with Crippen LogP contribution in [0.1, 0.15) is 24.8 Å². The highest BCUT2D eigenvalue weighted by Gasteiger charge is 2.41. The minimum Gasteiger partial charge on any atom is -0.378 e. The molecule has 3 aliphatic rings. The summed E-state index contributed by atoms with van der Waals surface area (Å²) in [6.07, 6.45) is 3.60. The van der Waals surface area contributed by atoms with E-state index in [9.17, 15) is 4.79 Å². The smallest absolute Gasteiger partial charge is 0.315 e. The van der Waals surface area contributed by atoms with Crippen molar-refractivity contribution >= 4 is 11.7 Å². The molecule has 2 heterocycles. The lowest BCUT2D eigenvalue weighted by molar-refractivity contribution is 0.0825. The summed E-state index contributed by atoms with van der Waals surface area (Å²) in [5.74, 6) is 0.648.